The SMILES string of the molecule is C=CCc1ccccc1OCCCCn1c(C(C)NC(=O)c2cccs2)nc2ccccc21. The summed E-state index contributed by atoms with van der Waals surface area (Å²) in [4.78, 5) is 18.1. The van der Waals surface area contributed by atoms with E-state index < -0.39 is 0 Å². The van der Waals surface area contributed by atoms with Crippen LogP contribution in [-0.4, -0.2) is 22.1 Å². The Bertz CT molecular complexity index is 1210. The van der Waals surface area contributed by atoms with Crippen LogP contribution in [0, 0.1) is 0 Å². The van der Waals surface area contributed by atoms with E-state index in [2.05, 4.69) is 28.6 Å². The number of aryl methyl sites for hydroxylation is 1. The third-order valence-electron chi connectivity index (χ3n) is 5.53. The highest BCUT2D eigenvalue weighted by molar-refractivity contribution is 7.12. The lowest BCUT2D eigenvalue weighted by Crippen LogP contribution is -2.28. The third-order valence-corrected chi connectivity index (χ3v) is 6.40. The number of rotatable bonds is 11. The molecule has 0 spiro atoms. The number of thiophene rings is 1. The van der Waals surface area contributed by atoms with Gasteiger partial charge in [0.1, 0.15) is 11.6 Å². The Kier molecular flexibility index (Phi) is 7.58. The molecule has 0 radical (unpaired) electrons. The Balaban J connectivity index is 1.41. The summed E-state index contributed by atoms with van der Waals surface area (Å²) in [5.74, 6) is 1.73. The summed E-state index contributed by atoms with van der Waals surface area (Å²) in [7, 11) is 0. The standard InChI is InChI=1S/C27H29N3O2S/c1-3-11-21-12-4-7-15-24(21)32-18-9-8-17-30-23-14-6-5-13-22(23)29-26(30)20(2)28-27(31)25-16-10-19-33-25/h3-7,10,12-16,19-20H,1,8-9,11,17-18H2,2H3,(H,28,31). The fourth-order valence-corrected chi connectivity index (χ4v) is 4.55. The Hall–Kier alpha value is -3.38. The molecule has 0 aliphatic carbocycles. The molecule has 0 saturated heterocycles. The van der Waals surface area contributed by atoms with E-state index in [4.69, 9.17) is 9.72 Å². The molecule has 1 N–H and O–H groups in total. The van der Waals surface area contributed by atoms with Crippen LogP contribution in [0.1, 0.15) is 46.9 Å². The minimum atomic E-state index is -0.200. The average molecular weight is 460 g/mol. The van der Waals surface area contributed by atoms with Crippen LogP contribution in [0.4, 0.5) is 0 Å². The maximum absolute atomic E-state index is 12.6. The molecule has 5 nitrogen and oxygen atoms in total. The lowest BCUT2D eigenvalue weighted by molar-refractivity contribution is 0.0941. The Morgan fingerprint density at radius 1 is 1.15 bits per heavy atom. The highest BCUT2D eigenvalue weighted by Crippen LogP contribution is 2.23. The molecule has 2 heterocycles. The first kappa shape index (κ1) is 22.8. The smallest absolute Gasteiger partial charge is 0.261 e. The molecule has 0 fully saturated rings. The first-order valence-corrected chi connectivity index (χ1v) is 12.2. The Morgan fingerprint density at radius 3 is 2.79 bits per heavy atom. The van der Waals surface area contributed by atoms with Crippen molar-refractivity contribution in [3.63, 3.8) is 0 Å². The molecule has 6 heteroatoms. The number of carbonyl (C=O) groups excluding carboxylic acids is 1. The lowest BCUT2D eigenvalue weighted by Gasteiger charge is -2.16. The molecule has 2 aromatic heterocycles. The molecule has 0 aliphatic rings. The van der Waals surface area contributed by atoms with Crippen LogP contribution in [0.25, 0.3) is 11.0 Å². The van der Waals surface area contributed by atoms with Gasteiger partial charge < -0.3 is 14.6 Å². The van der Waals surface area contributed by atoms with Gasteiger partial charge in [-0.25, -0.2) is 4.98 Å². The maximum atomic E-state index is 12.6. The van der Waals surface area contributed by atoms with E-state index >= 15 is 0 Å². The van der Waals surface area contributed by atoms with E-state index in [9.17, 15) is 4.79 Å². The van der Waals surface area contributed by atoms with Gasteiger partial charge in [-0.3, -0.25) is 4.79 Å². The van der Waals surface area contributed by atoms with E-state index in [0.717, 1.165) is 54.0 Å². The summed E-state index contributed by atoms with van der Waals surface area (Å²) >= 11 is 1.44. The summed E-state index contributed by atoms with van der Waals surface area (Å²) in [6.45, 7) is 7.28. The highest BCUT2D eigenvalue weighted by Gasteiger charge is 2.19. The van der Waals surface area contributed by atoms with Gasteiger partial charge in [-0.1, -0.05) is 42.5 Å². The number of ether oxygens (including phenoxy) is 1. The molecule has 4 aromatic rings. The molecular formula is C27H29N3O2S. The minimum absolute atomic E-state index is 0.0669. The maximum Gasteiger partial charge on any atom is 0.261 e. The number of nitrogens with one attached hydrogen (secondary N) is 1. The molecule has 2 aromatic carbocycles. The van der Waals surface area contributed by atoms with Crippen LogP contribution in [-0.2, 0) is 13.0 Å². The number of amides is 1. The molecule has 0 aliphatic heterocycles. The topological polar surface area (TPSA) is 56.1 Å². The number of para-hydroxylation sites is 3. The number of aromatic nitrogens is 2. The fourth-order valence-electron chi connectivity index (χ4n) is 3.92. The second kappa shape index (κ2) is 11.0. The highest BCUT2D eigenvalue weighted by atomic mass is 32.1. The van der Waals surface area contributed by atoms with Crippen molar-refractivity contribution >= 4 is 28.3 Å². The Morgan fingerprint density at radius 2 is 1.97 bits per heavy atom. The lowest BCUT2D eigenvalue weighted by atomic mass is 10.1. The second-order valence-corrected chi connectivity index (χ2v) is 8.89. The van der Waals surface area contributed by atoms with Crippen LogP contribution in [0.3, 0.4) is 0 Å². The van der Waals surface area contributed by atoms with Gasteiger partial charge in [0, 0.05) is 6.54 Å². The summed E-state index contributed by atoms with van der Waals surface area (Å²) in [5.41, 5.74) is 3.19. The van der Waals surface area contributed by atoms with Crippen molar-refractivity contribution < 1.29 is 9.53 Å². The molecule has 1 amide bonds. The van der Waals surface area contributed by atoms with Crippen LogP contribution in [0.5, 0.6) is 5.75 Å². The van der Waals surface area contributed by atoms with Gasteiger partial charge in [-0.15, -0.1) is 17.9 Å². The predicted octanol–water partition coefficient (Wildman–Crippen LogP) is 6.18. The van der Waals surface area contributed by atoms with Crippen LogP contribution in [0.2, 0.25) is 0 Å². The first-order valence-electron chi connectivity index (χ1n) is 11.3. The number of carbonyl (C=O) groups is 1. The fraction of sp³-hybridized carbons (Fsp3) is 0.259. The zero-order valence-corrected chi connectivity index (χ0v) is 19.7. The van der Waals surface area contributed by atoms with Gasteiger partial charge in [-0.2, -0.15) is 0 Å². The molecule has 0 saturated carbocycles. The predicted molar refractivity (Wildman–Crippen MR) is 135 cm³/mol. The largest absolute Gasteiger partial charge is 0.493 e. The van der Waals surface area contributed by atoms with Gasteiger partial charge in [0.05, 0.1) is 28.6 Å². The van der Waals surface area contributed by atoms with E-state index in [1.54, 1.807) is 0 Å². The molecule has 33 heavy (non-hydrogen) atoms. The van der Waals surface area contributed by atoms with Crippen LogP contribution < -0.4 is 10.1 Å². The number of hydrogen-bond acceptors (Lipinski definition) is 4. The zero-order chi connectivity index (χ0) is 23.0. The zero-order valence-electron chi connectivity index (χ0n) is 18.9. The van der Waals surface area contributed by atoms with Crippen molar-refractivity contribution in [3.8, 4) is 5.75 Å². The van der Waals surface area contributed by atoms with Gasteiger partial charge in [-0.05, 0) is 61.4 Å². The van der Waals surface area contributed by atoms with Gasteiger partial charge >= 0.3 is 0 Å². The third kappa shape index (κ3) is 5.52. The summed E-state index contributed by atoms with van der Waals surface area (Å²) in [6, 6.07) is 19.8. The molecular weight excluding hydrogens is 430 g/mol. The summed E-state index contributed by atoms with van der Waals surface area (Å²) in [5, 5.41) is 5.01. The average Bonchev–Trinajstić information content (AvgIpc) is 3.49. The summed E-state index contributed by atoms with van der Waals surface area (Å²) < 4.78 is 8.26. The van der Waals surface area contributed by atoms with E-state index in [-0.39, 0.29) is 11.9 Å². The quantitative estimate of drug-likeness (QED) is 0.215. The summed E-state index contributed by atoms with van der Waals surface area (Å²) in [6.07, 6.45) is 4.56. The van der Waals surface area contributed by atoms with E-state index in [1.807, 2.05) is 66.9 Å². The van der Waals surface area contributed by atoms with Crippen molar-refractivity contribution in [2.45, 2.75) is 38.8 Å². The normalized spacial score (nSPS) is 11.9. The van der Waals surface area contributed by atoms with E-state index in [0.29, 0.717) is 11.5 Å². The molecule has 170 valence electrons. The molecule has 0 bridgehead atoms. The first-order chi connectivity index (χ1) is 16.2. The van der Waals surface area contributed by atoms with Crippen molar-refractivity contribution in [1.82, 2.24) is 14.9 Å². The number of benzene rings is 2. The van der Waals surface area contributed by atoms with Crippen molar-refractivity contribution in [2.24, 2.45) is 0 Å². The van der Waals surface area contributed by atoms with Gasteiger partial charge in [0.15, 0.2) is 0 Å². The van der Waals surface area contributed by atoms with Crippen LogP contribution >= 0.6 is 11.3 Å². The molecule has 4 rings (SSSR count). The number of fused-ring (bicyclic) bond motifs is 1. The number of unbranched alkanes of at least 4 members (excludes halogenated alkanes) is 1. The Labute approximate surface area is 198 Å². The molecule has 1 atom stereocenters. The monoisotopic (exact) mass is 459 g/mol. The number of imidazole rings is 1. The van der Waals surface area contributed by atoms with Gasteiger partial charge in [0.25, 0.3) is 5.91 Å². The number of nitrogens with zero attached hydrogens (tertiary/aromatic N) is 2. The molecule has 1 unspecified atom stereocenters. The van der Waals surface area contributed by atoms with Crippen molar-refractivity contribution in [3.05, 3.63) is 95.0 Å². The van der Waals surface area contributed by atoms with Gasteiger partial charge in [0.2, 0.25) is 0 Å². The van der Waals surface area contributed by atoms with Crippen LogP contribution in [0.15, 0.2) is 78.7 Å². The van der Waals surface area contributed by atoms with Crippen molar-refractivity contribution in [2.75, 3.05) is 6.61 Å². The second-order valence-electron chi connectivity index (χ2n) is 7.94. The van der Waals surface area contributed by atoms with Crippen molar-refractivity contribution in [1.29, 1.82) is 0 Å². The minimum Gasteiger partial charge on any atom is -0.493 e. The van der Waals surface area contributed by atoms with E-state index in [1.165, 1.54) is 11.3 Å². The number of allylic oxidation sites excluding steroid dienone is 1. The number of hydrogen-bond donors (Lipinski definition) is 1.